The molecule has 0 bridgehead atoms. The van der Waals surface area contributed by atoms with Crippen LogP contribution in [-0.2, 0) is 5.41 Å². The van der Waals surface area contributed by atoms with E-state index in [1.54, 1.807) is 0 Å². The third-order valence-corrected chi connectivity index (χ3v) is 11.6. The number of ether oxygens (including phenoxy) is 1. The molecule has 9 rings (SSSR count). The van der Waals surface area contributed by atoms with Gasteiger partial charge in [-0.15, -0.1) is 0 Å². The van der Waals surface area contributed by atoms with Crippen LogP contribution >= 0.6 is 0 Å². The van der Waals surface area contributed by atoms with Crippen molar-refractivity contribution >= 4 is 45.7 Å². The van der Waals surface area contributed by atoms with E-state index in [2.05, 4.69) is 215 Å². The normalized spacial score (nSPS) is 15.8. The van der Waals surface area contributed by atoms with Gasteiger partial charge in [0.2, 0.25) is 0 Å². The average molecular weight is 750 g/mol. The predicted molar refractivity (Wildman–Crippen MR) is 240 cm³/mol. The van der Waals surface area contributed by atoms with Gasteiger partial charge in [0.15, 0.2) is 0 Å². The van der Waals surface area contributed by atoms with Gasteiger partial charge in [-0.05, 0) is 107 Å². The first-order chi connectivity index (χ1) is 27.1. The lowest BCUT2D eigenvalue weighted by molar-refractivity contribution is 0.483. The standard InChI is InChI=1S/C50H52BN5O/c1-48(2,3)34-23-26-52-46(29-34)56-42-18-11-10-17-39(42)40-22-21-38(31-45(40)56)57-37-16-14-15-36(30-37)54-33-55(44-20-13-12-19-43(44)54)47-41(50(7,8)9)25-28-53-27-24-35(32-51(47)53)49(4,5)6/h10-32H,33H2,1-9H3. The van der Waals surface area contributed by atoms with Gasteiger partial charge in [-0.2, -0.15) is 0 Å². The molecule has 57 heavy (non-hydrogen) atoms. The molecule has 0 aliphatic carbocycles. The first-order valence-corrected chi connectivity index (χ1v) is 20.2. The summed E-state index contributed by atoms with van der Waals surface area (Å²) in [6, 6.07) is 36.6. The molecule has 0 radical (unpaired) electrons. The largest absolute Gasteiger partial charge is 0.457 e. The molecule has 0 N–H and O–H groups in total. The SMILES string of the molecule is CC(C)(C)C1=CB2C(N3CN(c4cccc(Oc5ccc6c7ccccc7n(-c7cc(C(C)(C)C)ccn7)c6c5)c4)c4ccccc43)=C(C(C)(C)C)C=CN2C=C1. The van der Waals surface area contributed by atoms with Gasteiger partial charge in [0.05, 0.1) is 29.1 Å². The van der Waals surface area contributed by atoms with Crippen molar-refractivity contribution in [2.45, 2.75) is 67.7 Å². The number of rotatable bonds is 5. The Morgan fingerprint density at radius 1 is 0.614 bits per heavy atom. The molecule has 0 unspecified atom stereocenters. The molecule has 4 aromatic carbocycles. The summed E-state index contributed by atoms with van der Waals surface area (Å²) in [6.45, 7) is 21.4. The highest BCUT2D eigenvalue weighted by atomic mass is 16.5. The van der Waals surface area contributed by atoms with Crippen molar-refractivity contribution in [2.24, 2.45) is 10.8 Å². The molecular weight excluding hydrogens is 697 g/mol. The van der Waals surface area contributed by atoms with Gasteiger partial charge in [0.1, 0.15) is 17.3 Å². The minimum absolute atomic E-state index is 0.00228. The van der Waals surface area contributed by atoms with E-state index in [9.17, 15) is 0 Å². The van der Waals surface area contributed by atoms with Crippen molar-refractivity contribution in [3.63, 3.8) is 0 Å². The minimum Gasteiger partial charge on any atom is -0.457 e. The van der Waals surface area contributed by atoms with Crippen LogP contribution in [0.15, 0.2) is 157 Å². The molecule has 286 valence electrons. The third-order valence-electron chi connectivity index (χ3n) is 11.6. The predicted octanol–water partition coefficient (Wildman–Crippen LogP) is 12.9. The maximum absolute atomic E-state index is 6.74. The van der Waals surface area contributed by atoms with Crippen molar-refractivity contribution in [1.29, 1.82) is 0 Å². The second kappa shape index (κ2) is 13.3. The first kappa shape index (κ1) is 36.7. The van der Waals surface area contributed by atoms with Gasteiger partial charge in [-0.3, -0.25) is 4.57 Å². The van der Waals surface area contributed by atoms with E-state index in [1.807, 2.05) is 6.20 Å². The number of benzene rings is 4. The van der Waals surface area contributed by atoms with E-state index in [0.717, 1.165) is 34.0 Å². The number of aromatic nitrogens is 2. The fourth-order valence-corrected chi connectivity index (χ4v) is 8.54. The van der Waals surface area contributed by atoms with Gasteiger partial charge < -0.3 is 19.3 Å². The summed E-state index contributed by atoms with van der Waals surface area (Å²) < 4.78 is 9.01. The Bertz CT molecular complexity index is 2680. The Hall–Kier alpha value is -5.95. The summed E-state index contributed by atoms with van der Waals surface area (Å²) in [7, 11) is 0. The molecule has 6 aromatic rings. The summed E-state index contributed by atoms with van der Waals surface area (Å²) in [4.78, 5) is 12.2. The van der Waals surface area contributed by atoms with Crippen LogP contribution in [0.5, 0.6) is 11.5 Å². The van der Waals surface area contributed by atoms with Crippen LogP contribution in [0.2, 0.25) is 0 Å². The zero-order valence-electron chi connectivity index (χ0n) is 34.7. The van der Waals surface area contributed by atoms with Gasteiger partial charge in [0.25, 0.3) is 0 Å². The Morgan fingerprint density at radius 2 is 1.32 bits per heavy atom. The lowest BCUT2D eigenvalue weighted by Gasteiger charge is -2.41. The molecular formula is C50H52BN5O. The van der Waals surface area contributed by atoms with E-state index >= 15 is 0 Å². The molecule has 0 atom stereocenters. The quantitative estimate of drug-likeness (QED) is 0.164. The van der Waals surface area contributed by atoms with Crippen LogP contribution in [0.4, 0.5) is 17.1 Å². The zero-order valence-corrected chi connectivity index (χ0v) is 34.7. The number of nitrogens with zero attached hydrogens (tertiary/aromatic N) is 5. The average Bonchev–Trinajstić information content (AvgIpc) is 3.72. The van der Waals surface area contributed by atoms with Crippen LogP contribution < -0.4 is 14.5 Å². The lowest BCUT2D eigenvalue weighted by atomic mass is 9.50. The van der Waals surface area contributed by atoms with Crippen molar-refractivity contribution < 1.29 is 4.74 Å². The number of para-hydroxylation sites is 3. The fourth-order valence-electron chi connectivity index (χ4n) is 8.54. The minimum atomic E-state index is -0.0524. The second-order valence-corrected chi connectivity index (χ2v) is 18.7. The first-order valence-electron chi connectivity index (χ1n) is 20.2. The van der Waals surface area contributed by atoms with Crippen molar-refractivity contribution in [1.82, 2.24) is 14.4 Å². The molecule has 6 nitrogen and oxygen atoms in total. The van der Waals surface area contributed by atoms with Crippen LogP contribution in [0, 0.1) is 10.8 Å². The van der Waals surface area contributed by atoms with Gasteiger partial charge in [-0.1, -0.05) is 110 Å². The van der Waals surface area contributed by atoms with Gasteiger partial charge in [0, 0.05) is 40.4 Å². The molecule has 0 spiro atoms. The van der Waals surface area contributed by atoms with Crippen molar-refractivity contribution in [3.8, 4) is 17.3 Å². The Labute approximate surface area is 338 Å². The number of anilines is 3. The second-order valence-electron chi connectivity index (χ2n) is 18.7. The number of hydrogen-bond acceptors (Lipinski definition) is 5. The highest BCUT2D eigenvalue weighted by molar-refractivity contribution is 6.71. The molecule has 2 aromatic heterocycles. The maximum atomic E-state index is 6.74. The topological polar surface area (TPSA) is 36.8 Å². The van der Waals surface area contributed by atoms with Crippen LogP contribution in [-0.4, -0.2) is 27.9 Å². The van der Waals surface area contributed by atoms with E-state index in [-0.39, 0.29) is 23.1 Å². The van der Waals surface area contributed by atoms with Gasteiger partial charge in [-0.25, -0.2) is 4.98 Å². The smallest absolute Gasteiger partial charge is 0.337 e. The summed E-state index contributed by atoms with van der Waals surface area (Å²) in [5.74, 6) is 4.94. The third kappa shape index (κ3) is 6.53. The van der Waals surface area contributed by atoms with E-state index in [4.69, 9.17) is 9.72 Å². The molecule has 5 heterocycles. The highest BCUT2D eigenvalue weighted by Crippen LogP contribution is 2.48. The Kier molecular flexibility index (Phi) is 8.58. The number of hydrogen-bond donors (Lipinski definition) is 0. The van der Waals surface area contributed by atoms with Crippen molar-refractivity contribution in [2.75, 3.05) is 16.5 Å². The summed E-state index contributed by atoms with van der Waals surface area (Å²) in [6.07, 6.45) is 11.0. The molecule has 7 heteroatoms. The van der Waals surface area contributed by atoms with Crippen LogP contribution in [0.25, 0.3) is 27.6 Å². The summed E-state index contributed by atoms with van der Waals surface area (Å²) in [5, 5.41) is 2.36. The molecule has 0 saturated carbocycles. The van der Waals surface area contributed by atoms with Crippen LogP contribution in [0.1, 0.15) is 67.9 Å². The highest BCUT2D eigenvalue weighted by Gasteiger charge is 2.41. The Balaban J connectivity index is 1.08. The number of pyridine rings is 1. The Morgan fingerprint density at radius 3 is 2.07 bits per heavy atom. The molecule has 3 aliphatic rings. The van der Waals surface area contributed by atoms with E-state index in [1.165, 1.54) is 44.5 Å². The summed E-state index contributed by atoms with van der Waals surface area (Å²) in [5.41, 5.74) is 10.9. The molecule has 0 saturated heterocycles. The van der Waals surface area contributed by atoms with E-state index < -0.39 is 0 Å². The van der Waals surface area contributed by atoms with Crippen molar-refractivity contribution in [3.05, 3.63) is 162 Å². The molecule has 0 amide bonds. The lowest BCUT2D eigenvalue weighted by Crippen LogP contribution is -2.46. The number of fused-ring (bicyclic) bond motifs is 5. The molecule has 0 fully saturated rings. The summed E-state index contributed by atoms with van der Waals surface area (Å²) >= 11 is 0. The van der Waals surface area contributed by atoms with E-state index in [0.29, 0.717) is 6.67 Å². The zero-order chi connectivity index (χ0) is 39.9. The molecule has 3 aliphatic heterocycles. The van der Waals surface area contributed by atoms with Crippen LogP contribution in [0.3, 0.4) is 0 Å². The number of allylic oxidation sites excluding steroid dienone is 4. The fraction of sp³-hybridized carbons (Fsp3) is 0.260. The monoisotopic (exact) mass is 749 g/mol. The maximum Gasteiger partial charge on any atom is 0.337 e. The van der Waals surface area contributed by atoms with Gasteiger partial charge >= 0.3 is 6.85 Å².